The van der Waals surface area contributed by atoms with E-state index >= 15 is 0 Å². The Morgan fingerprint density at radius 3 is 2.53 bits per heavy atom. The smallest absolute Gasteiger partial charge is 0.255 e. The quantitative estimate of drug-likeness (QED) is 0.392. The lowest BCUT2D eigenvalue weighted by Crippen LogP contribution is -2.11. The Balaban J connectivity index is 1.33. The number of carbonyl (C=O) groups excluding carboxylic acids is 1. The predicted molar refractivity (Wildman–Crippen MR) is 118 cm³/mol. The molecule has 0 unspecified atom stereocenters. The SMILES string of the molecule is Cc1cccc(Oc2ccc(NC(=O)c3ccc(CSc4ncn[nH]4)cc3)cc2)c1. The minimum absolute atomic E-state index is 0.156. The number of hydrogen-bond donors (Lipinski definition) is 2. The van der Waals surface area contributed by atoms with E-state index in [1.165, 1.54) is 6.33 Å². The number of hydrogen-bond acceptors (Lipinski definition) is 5. The molecule has 0 radical (unpaired) electrons. The summed E-state index contributed by atoms with van der Waals surface area (Å²) in [7, 11) is 0. The van der Waals surface area contributed by atoms with Crippen molar-refractivity contribution in [2.24, 2.45) is 0 Å². The van der Waals surface area contributed by atoms with Gasteiger partial charge in [-0.15, -0.1) is 0 Å². The number of thioether (sulfide) groups is 1. The van der Waals surface area contributed by atoms with Crippen LogP contribution in [-0.2, 0) is 5.75 Å². The molecule has 0 aliphatic carbocycles. The predicted octanol–water partition coefficient (Wildman–Crippen LogP) is 5.45. The minimum Gasteiger partial charge on any atom is -0.457 e. The van der Waals surface area contributed by atoms with Crippen molar-refractivity contribution in [2.45, 2.75) is 17.8 Å². The largest absolute Gasteiger partial charge is 0.457 e. The van der Waals surface area contributed by atoms with Gasteiger partial charge in [-0.3, -0.25) is 9.89 Å². The highest BCUT2D eigenvalue weighted by Crippen LogP contribution is 2.24. The Kier molecular flexibility index (Phi) is 6.10. The fraction of sp³-hybridized carbons (Fsp3) is 0.0870. The van der Waals surface area contributed by atoms with Crippen molar-refractivity contribution in [1.29, 1.82) is 0 Å². The maximum absolute atomic E-state index is 12.5. The third kappa shape index (κ3) is 5.27. The lowest BCUT2D eigenvalue weighted by molar-refractivity contribution is 0.102. The summed E-state index contributed by atoms with van der Waals surface area (Å²) in [4.78, 5) is 16.6. The van der Waals surface area contributed by atoms with Crippen LogP contribution in [0.4, 0.5) is 5.69 Å². The molecule has 3 aromatic carbocycles. The van der Waals surface area contributed by atoms with Crippen LogP contribution >= 0.6 is 11.8 Å². The molecule has 150 valence electrons. The Morgan fingerprint density at radius 2 is 1.83 bits per heavy atom. The van der Waals surface area contributed by atoms with E-state index in [2.05, 4.69) is 20.5 Å². The van der Waals surface area contributed by atoms with E-state index in [1.54, 1.807) is 11.8 Å². The molecule has 0 aliphatic rings. The van der Waals surface area contributed by atoms with Crippen LogP contribution < -0.4 is 10.1 Å². The van der Waals surface area contributed by atoms with E-state index < -0.39 is 0 Å². The number of anilines is 1. The van der Waals surface area contributed by atoms with Gasteiger partial charge < -0.3 is 10.1 Å². The molecule has 0 saturated carbocycles. The first-order valence-corrected chi connectivity index (χ1v) is 10.4. The zero-order valence-corrected chi connectivity index (χ0v) is 17.1. The van der Waals surface area contributed by atoms with Gasteiger partial charge in [-0.25, -0.2) is 4.98 Å². The molecule has 0 aliphatic heterocycles. The van der Waals surface area contributed by atoms with E-state index in [0.717, 1.165) is 27.8 Å². The third-order valence-corrected chi connectivity index (χ3v) is 5.27. The summed E-state index contributed by atoms with van der Waals surface area (Å²) >= 11 is 1.56. The Hall–Kier alpha value is -3.58. The molecule has 0 spiro atoms. The topological polar surface area (TPSA) is 79.9 Å². The van der Waals surface area contributed by atoms with E-state index in [4.69, 9.17) is 4.74 Å². The number of ether oxygens (including phenoxy) is 1. The lowest BCUT2D eigenvalue weighted by atomic mass is 10.1. The molecule has 2 N–H and O–H groups in total. The lowest BCUT2D eigenvalue weighted by Gasteiger charge is -2.09. The van der Waals surface area contributed by atoms with Crippen LogP contribution in [0.3, 0.4) is 0 Å². The standard InChI is InChI=1S/C23H20N4O2S/c1-16-3-2-4-21(13-16)29-20-11-9-19(10-12-20)26-22(28)18-7-5-17(6-8-18)14-30-23-24-15-25-27-23/h2-13,15H,14H2,1H3,(H,26,28)(H,24,25,27). The van der Waals surface area contributed by atoms with Gasteiger partial charge in [0.1, 0.15) is 17.8 Å². The van der Waals surface area contributed by atoms with Gasteiger partial charge in [0, 0.05) is 17.0 Å². The normalized spacial score (nSPS) is 10.6. The molecule has 0 fully saturated rings. The fourth-order valence-electron chi connectivity index (χ4n) is 2.79. The molecular formula is C23H20N4O2S. The second-order valence-corrected chi connectivity index (χ2v) is 7.64. The van der Waals surface area contributed by atoms with Gasteiger partial charge >= 0.3 is 0 Å². The number of rotatable bonds is 7. The van der Waals surface area contributed by atoms with Crippen molar-refractivity contribution in [3.8, 4) is 11.5 Å². The maximum atomic E-state index is 12.5. The Labute approximate surface area is 178 Å². The molecule has 0 atom stereocenters. The first kappa shape index (κ1) is 19.7. The summed E-state index contributed by atoms with van der Waals surface area (Å²) < 4.78 is 5.84. The second-order valence-electron chi connectivity index (χ2n) is 6.67. The van der Waals surface area contributed by atoms with Crippen LogP contribution in [0.5, 0.6) is 11.5 Å². The van der Waals surface area contributed by atoms with Crippen LogP contribution in [0.1, 0.15) is 21.5 Å². The van der Waals surface area contributed by atoms with Crippen molar-refractivity contribution < 1.29 is 9.53 Å². The first-order chi connectivity index (χ1) is 14.7. The highest BCUT2D eigenvalue weighted by atomic mass is 32.2. The summed E-state index contributed by atoms with van der Waals surface area (Å²) in [6.07, 6.45) is 1.48. The minimum atomic E-state index is -0.156. The number of H-pyrrole nitrogens is 1. The summed E-state index contributed by atoms with van der Waals surface area (Å²) in [5.74, 6) is 2.09. The van der Waals surface area contributed by atoms with Gasteiger partial charge in [-0.1, -0.05) is 36.0 Å². The van der Waals surface area contributed by atoms with Crippen LogP contribution in [0.15, 0.2) is 84.3 Å². The van der Waals surface area contributed by atoms with E-state index in [-0.39, 0.29) is 5.91 Å². The van der Waals surface area contributed by atoms with Gasteiger partial charge in [-0.2, -0.15) is 5.10 Å². The number of nitrogens with zero attached hydrogens (tertiary/aromatic N) is 2. The molecule has 30 heavy (non-hydrogen) atoms. The highest BCUT2D eigenvalue weighted by Gasteiger charge is 2.07. The van der Waals surface area contributed by atoms with E-state index in [1.807, 2.05) is 79.7 Å². The number of nitrogens with one attached hydrogen (secondary N) is 2. The van der Waals surface area contributed by atoms with Gasteiger partial charge in [0.25, 0.3) is 5.91 Å². The van der Waals surface area contributed by atoms with Crippen molar-refractivity contribution in [1.82, 2.24) is 15.2 Å². The number of aryl methyl sites for hydroxylation is 1. The first-order valence-electron chi connectivity index (χ1n) is 9.39. The van der Waals surface area contributed by atoms with Crippen LogP contribution in [0.2, 0.25) is 0 Å². The van der Waals surface area contributed by atoms with Gasteiger partial charge in [0.15, 0.2) is 5.16 Å². The fourth-order valence-corrected chi connectivity index (χ4v) is 3.53. The van der Waals surface area contributed by atoms with Crippen molar-refractivity contribution in [3.63, 3.8) is 0 Å². The number of aromatic amines is 1. The summed E-state index contributed by atoms with van der Waals surface area (Å²) in [6, 6.07) is 22.7. The maximum Gasteiger partial charge on any atom is 0.255 e. The van der Waals surface area contributed by atoms with Crippen LogP contribution in [-0.4, -0.2) is 21.1 Å². The zero-order valence-electron chi connectivity index (χ0n) is 16.3. The molecule has 1 aromatic heterocycles. The molecule has 0 saturated heterocycles. The Morgan fingerprint density at radius 1 is 1.03 bits per heavy atom. The van der Waals surface area contributed by atoms with E-state index in [9.17, 15) is 4.79 Å². The molecule has 1 heterocycles. The second kappa shape index (κ2) is 9.28. The summed E-state index contributed by atoms with van der Waals surface area (Å²) in [5, 5.41) is 10.3. The van der Waals surface area contributed by atoms with Gasteiger partial charge in [0.2, 0.25) is 0 Å². The van der Waals surface area contributed by atoms with E-state index in [0.29, 0.717) is 17.0 Å². The van der Waals surface area contributed by atoms with Crippen LogP contribution in [0.25, 0.3) is 0 Å². The zero-order chi connectivity index (χ0) is 20.8. The van der Waals surface area contributed by atoms with Crippen LogP contribution in [0, 0.1) is 6.92 Å². The molecule has 0 bridgehead atoms. The molecule has 1 amide bonds. The summed E-state index contributed by atoms with van der Waals surface area (Å²) in [5.41, 5.74) is 3.55. The monoisotopic (exact) mass is 416 g/mol. The molecular weight excluding hydrogens is 396 g/mol. The summed E-state index contributed by atoms with van der Waals surface area (Å²) in [6.45, 7) is 2.02. The number of aromatic nitrogens is 3. The Bertz CT molecular complexity index is 1110. The number of amides is 1. The average Bonchev–Trinajstić information content (AvgIpc) is 3.28. The highest BCUT2D eigenvalue weighted by molar-refractivity contribution is 7.98. The van der Waals surface area contributed by atoms with Gasteiger partial charge in [-0.05, 0) is 66.6 Å². The average molecular weight is 417 g/mol. The third-order valence-electron chi connectivity index (χ3n) is 4.32. The number of carbonyl (C=O) groups is 1. The molecule has 6 nitrogen and oxygen atoms in total. The van der Waals surface area contributed by atoms with Crippen molar-refractivity contribution in [2.75, 3.05) is 5.32 Å². The van der Waals surface area contributed by atoms with Crippen molar-refractivity contribution in [3.05, 3.63) is 95.8 Å². The molecule has 4 rings (SSSR count). The molecule has 7 heteroatoms. The molecule has 4 aromatic rings. The van der Waals surface area contributed by atoms with Gasteiger partial charge in [0.05, 0.1) is 0 Å². The van der Waals surface area contributed by atoms with Crippen molar-refractivity contribution >= 4 is 23.4 Å². The number of benzene rings is 3.